The van der Waals surface area contributed by atoms with E-state index >= 15 is 0 Å². The highest BCUT2D eigenvalue weighted by atomic mass is 79.9. The summed E-state index contributed by atoms with van der Waals surface area (Å²) in [6.45, 7) is 0. The fourth-order valence-corrected chi connectivity index (χ4v) is 2.14. The predicted octanol–water partition coefficient (Wildman–Crippen LogP) is 4.45. The normalized spacial score (nSPS) is 10.3. The molecule has 2 rings (SSSR count). The third-order valence-corrected chi connectivity index (χ3v) is 3.31. The van der Waals surface area contributed by atoms with Crippen molar-refractivity contribution < 1.29 is 0 Å². The van der Waals surface area contributed by atoms with E-state index in [9.17, 15) is 0 Å². The van der Waals surface area contributed by atoms with Crippen LogP contribution in [0.25, 0.3) is 0 Å². The van der Waals surface area contributed by atoms with Gasteiger partial charge < -0.3 is 10.6 Å². The number of nitrogen functional groups attached to an aromatic ring is 1. The molecule has 0 aliphatic heterocycles. The number of nitrogens with zero attached hydrogens (tertiary/aromatic N) is 1. The van der Waals surface area contributed by atoms with Crippen LogP contribution in [-0.2, 0) is 0 Å². The standard InChI is InChI=1S/C13H12BrClN2/c1-17(11-5-3-10(15)4-6-11)13-7-2-9(14)8-12(13)16/h2-8H,16H2,1H3. The minimum atomic E-state index is 0.728. The summed E-state index contributed by atoms with van der Waals surface area (Å²) in [5, 5.41) is 0.728. The van der Waals surface area contributed by atoms with Crippen molar-refractivity contribution in [3.8, 4) is 0 Å². The molecule has 4 heteroatoms. The summed E-state index contributed by atoms with van der Waals surface area (Å²) < 4.78 is 0.975. The SMILES string of the molecule is CN(c1ccc(Cl)cc1)c1ccc(Br)cc1N. The lowest BCUT2D eigenvalue weighted by Crippen LogP contribution is -2.11. The van der Waals surface area contributed by atoms with Gasteiger partial charge in [-0.15, -0.1) is 0 Å². The Kier molecular flexibility index (Phi) is 3.60. The Labute approximate surface area is 114 Å². The van der Waals surface area contributed by atoms with Gasteiger partial charge in [0, 0.05) is 22.2 Å². The molecular weight excluding hydrogens is 300 g/mol. The predicted molar refractivity (Wildman–Crippen MR) is 78.1 cm³/mol. The first-order valence-corrected chi connectivity index (χ1v) is 6.29. The van der Waals surface area contributed by atoms with Gasteiger partial charge in [0.05, 0.1) is 11.4 Å². The van der Waals surface area contributed by atoms with E-state index in [4.69, 9.17) is 17.3 Å². The lowest BCUT2D eigenvalue weighted by molar-refractivity contribution is 1.21. The highest BCUT2D eigenvalue weighted by Crippen LogP contribution is 2.31. The van der Waals surface area contributed by atoms with Crippen molar-refractivity contribution in [3.05, 3.63) is 52.0 Å². The van der Waals surface area contributed by atoms with Crippen LogP contribution < -0.4 is 10.6 Å². The Balaban J connectivity index is 2.36. The second kappa shape index (κ2) is 4.98. The van der Waals surface area contributed by atoms with E-state index in [0.717, 1.165) is 26.6 Å². The van der Waals surface area contributed by atoms with Gasteiger partial charge in [0.2, 0.25) is 0 Å². The average Bonchev–Trinajstić information content (AvgIpc) is 2.29. The van der Waals surface area contributed by atoms with E-state index in [1.165, 1.54) is 0 Å². The van der Waals surface area contributed by atoms with Gasteiger partial charge in [-0.3, -0.25) is 0 Å². The molecule has 2 aromatic rings. The molecule has 0 amide bonds. The Morgan fingerprint density at radius 2 is 1.76 bits per heavy atom. The molecule has 2 N–H and O–H groups in total. The molecule has 0 heterocycles. The first kappa shape index (κ1) is 12.3. The Bertz CT molecular complexity index is 525. The van der Waals surface area contributed by atoms with Crippen molar-refractivity contribution in [2.45, 2.75) is 0 Å². The van der Waals surface area contributed by atoms with Crippen LogP contribution in [0.3, 0.4) is 0 Å². The Morgan fingerprint density at radius 3 is 2.35 bits per heavy atom. The molecule has 0 radical (unpaired) electrons. The molecule has 0 aliphatic rings. The molecule has 88 valence electrons. The summed E-state index contributed by atoms with van der Waals surface area (Å²) in [7, 11) is 1.98. The molecule has 0 aliphatic carbocycles. The summed E-state index contributed by atoms with van der Waals surface area (Å²) in [6, 6.07) is 13.5. The molecule has 0 atom stereocenters. The summed E-state index contributed by atoms with van der Waals surface area (Å²) in [5.74, 6) is 0. The van der Waals surface area contributed by atoms with Gasteiger partial charge >= 0.3 is 0 Å². The van der Waals surface area contributed by atoms with Crippen molar-refractivity contribution in [1.82, 2.24) is 0 Å². The average molecular weight is 312 g/mol. The zero-order valence-corrected chi connectivity index (χ0v) is 11.7. The number of anilines is 3. The van der Waals surface area contributed by atoms with Gasteiger partial charge in [-0.2, -0.15) is 0 Å². The minimum absolute atomic E-state index is 0.728. The number of hydrogen-bond acceptors (Lipinski definition) is 2. The maximum absolute atomic E-state index is 5.99. The topological polar surface area (TPSA) is 29.3 Å². The number of benzene rings is 2. The quantitative estimate of drug-likeness (QED) is 0.830. The fraction of sp³-hybridized carbons (Fsp3) is 0.0769. The van der Waals surface area contributed by atoms with Gasteiger partial charge in [-0.1, -0.05) is 27.5 Å². The number of hydrogen-bond donors (Lipinski definition) is 1. The number of nitrogens with two attached hydrogens (primary N) is 1. The van der Waals surface area contributed by atoms with Crippen LogP contribution in [0, 0.1) is 0 Å². The molecule has 0 saturated heterocycles. The van der Waals surface area contributed by atoms with Crippen LogP contribution in [0.2, 0.25) is 5.02 Å². The van der Waals surface area contributed by atoms with E-state index in [2.05, 4.69) is 15.9 Å². The molecule has 0 unspecified atom stereocenters. The smallest absolute Gasteiger partial charge is 0.0642 e. The van der Waals surface area contributed by atoms with Crippen molar-refractivity contribution in [2.75, 3.05) is 17.7 Å². The lowest BCUT2D eigenvalue weighted by atomic mass is 10.2. The largest absolute Gasteiger partial charge is 0.397 e. The molecule has 2 aromatic carbocycles. The molecule has 0 aromatic heterocycles. The molecule has 0 fully saturated rings. The lowest BCUT2D eigenvalue weighted by Gasteiger charge is -2.21. The zero-order valence-electron chi connectivity index (χ0n) is 9.32. The maximum Gasteiger partial charge on any atom is 0.0642 e. The minimum Gasteiger partial charge on any atom is -0.397 e. The van der Waals surface area contributed by atoms with E-state index in [1.807, 2.05) is 54.4 Å². The molecule has 0 spiro atoms. The van der Waals surface area contributed by atoms with E-state index < -0.39 is 0 Å². The molecular formula is C13H12BrClN2. The second-order valence-corrected chi connectivity index (χ2v) is 5.09. The van der Waals surface area contributed by atoms with Crippen molar-refractivity contribution in [1.29, 1.82) is 0 Å². The summed E-state index contributed by atoms with van der Waals surface area (Å²) in [6.07, 6.45) is 0. The fourth-order valence-electron chi connectivity index (χ4n) is 1.63. The molecule has 0 saturated carbocycles. The highest BCUT2D eigenvalue weighted by Gasteiger charge is 2.07. The van der Waals surface area contributed by atoms with Gasteiger partial charge in [0.25, 0.3) is 0 Å². The van der Waals surface area contributed by atoms with Crippen LogP contribution in [0.4, 0.5) is 17.1 Å². The van der Waals surface area contributed by atoms with Crippen LogP contribution in [0.15, 0.2) is 46.9 Å². The van der Waals surface area contributed by atoms with Crippen LogP contribution >= 0.6 is 27.5 Å². The highest BCUT2D eigenvalue weighted by molar-refractivity contribution is 9.10. The van der Waals surface area contributed by atoms with Crippen molar-refractivity contribution in [3.63, 3.8) is 0 Å². The first-order chi connectivity index (χ1) is 8.08. The molecule has 17 heavy (non-hydrogen) atoms. The summed E-state index contributed by atoms with van der Waals surface area (Å²) in [5.41, 5.74) is 8.74. The Morgan fingerprint density at radius 1 is 1.12 bits per heavy atom. The van der Waals surface area contributed by atoms with Gasteiger partial charge in [-0.25, -0.2) is 0 Å². The second-order valence-electron chi connectivity index (χ2n) is 3.74. The van der Waals surface area contributed by atoms with Crippen molar-refractivity contribution in [2.24, 2.45) is 0 Å². The maximum atomic E-state index is 5.99. The van der Waals surface area contributed by atoms with E-state index in [1.54, 1.807) is 0 Å². The number of rotatable bonds is 2. The third-order valence-electron chi connectivity index (χ3n) is 2.56. The Hall–Kier alpha value is -1.19. The van der Waals surface area contributed by atoms with Crippen LogP contribution in [0.5, 0.6) is 0 Å². The summed E-state index contributed by atoms with van der Waals surface area (Å²) in [4.78, 5) is 2.03. The van der Waals surface area contributed by atoms with Gasteiger partial charge in [0.1, 0.15) is 0 Å². The monoisotopic (exact) mass is 310 g/mol. The van der Waals surface area contributed by atoms with E-state index in [0.29, 0.717) is 0 Å². The van der Waals surface area contributed by atoms with Gasteiger partial charge in [0.15, 0.2) is 0 Å². The molecule has 0 bridgehead atoms. The number of halogens is 2. The zero-order chi connectivity index (χ0) is 12.4. The van der Waals surface area contributed by atoms with Gasteiger partial charge in [-0.05, 0) is 42.5 Å². The van der Waals surface area contributed by atoms with E-state index in [-0.39, 0.29) is 0 Å². The third kappa shape index (κ3) is 2.73. The van der Waals surface area contributed by atoms with Crippen LogP contribution in [0.1, 0.15) is 0 Å². The van der Waals surface area contributed by atoms with Crippen LogP contribution in [-0.4, -0.2) is 7.05 Å². The molecule has 2 nitrogen and oxygen atoms in total. The van der Waals surface area contributed by atoms with Crippen molar-refractivity contribution >= 4 is 44.6 Å². The summed E-state index contributed by atoms with van der Waals surface area (Å²) >= 11 is 9.26. The first-order valence-electron chi connectivity index (χ1n) is 5.12.